The summed E-state index contributed by atoms with van der Waals surface area (Å²) < 4.78 is 20.8. The number of halogens is 2. The molecule has 1 saturated heterocycles. The summed E-state index contributed by atoms with van der Waals surface area (Å²) in [6.07, 6.45) is 3.84. The summed E-state index contributed by atoms with van der Waals surface area (Å²) in [5, 5.41) is 15.3. The third-order valence-corrected chi connectivity index (χ3v) is 6.24. The fraction of sp³-hybridized carbons (Fsp3) is 0.400. The van der Waals surface area contributed by atoms with Gasteiger partial charge in [-0.1, -0.05) is 18.5 Å². The summed E-state index contributed by atoms with van der Waals surface area (Å²) in [6, 6.07) is 5.95. The van der Waals surface area contributed by atoms with Crippen LogP contribution in [0.1, 0.15) is 38.0 Å². The van der Waals surface area contributed by atoms with Gasteiger partial charge in [-0.25, -0.2) is 9.48 Å². The highest BCUT2D eigenvalue weighted by Gasteiger charge is 2.62. The minimum atomic E-state index is -0.586. The van der Waals surface area contributed by atoms with Gasteiger partial charge in [0.05, 0.1) is 16.9 Å². The largest absolute Gasteiger partial charge is 0.423 e. The van der Waals surface area contributed by atoms with Crippen molar-refractivity contribution in [1.29, 1.82) is 0 Å². The molecule has 1 saturated carbocycles. The van der Waals surface area contributed by atoms with Gasteiger partial charge >= 0.3 is 6.03 Å². The first-order valence-corrected chi connectivity index (χ1v) is 10.2. The lowest BCUT2D eigenvalue weighted by molar-refractivity contribution is -0.110. The van der Waals surface area contributed by atoms with E-state index in [0.717, 1.165) is 23.9 Å². The molecule has 1 aliphatic heterocycles. The summed E-state index contributed by atoms with van der Waals surface area (Å²) in [7, 11) is 0. The number of anilines is 1. The van der Waals surface area contributed by atoms with Gasteiger partial charge in [0.25, 0.3) is 0 Å². The summed E-state index contributed by atoms with van der Waals surface area (Å²) in [6.45, 7) is 3.91. The standard InChI is InChI=1S/C20H20ClFN6O2/c1-11-7-14-10-20(9-11,18-26-25-12(2)30-18)27(14)19(29)24-13-3-4-15(21)16(8-13)28-17(22)5-6-23-28/h3-6,8,11,14H,7,9-10H2,1-2H3,(H,24,29)/t11-,14?,20?/m0/s1. The normalized spacial score (nSPS) is 25.1. The van der Waals surface area contributed by atoms with Crippen molar-refractivity contribution in [2.75, 3.05) is 5.32 Å². The second-order valence-electron chi connectivity index (χ2n) is 8.09. The molecule has 3 atom stereocenters. The zero-order valence-electron chi connectivity index (χ0n) is 16.5. The Bertz CT molecular complexity index is 1130. The van der Waals surface area contributed by atoms with Gasteiger partial charge in [-0.2, -0.15) is 9.49 Å². The van der Waals surface area contributed by atoms with Crippen molar-refractivity contribution in [3.63, 3.8) is 0 Å². The van der Waals surface area contributed by atoms with Crippen LogP contribution in [0, 0.1) is 18.8 Å². The molecule has 2 amide bonds. The zero-order chi connectivity index (χ0) is 21.0. The quantitative estimate of drug-likeness (QED) is 0.669. The molecular formula is C20H20ClFN6O2. The molecule has 2 fully saturated rings. The highest BCUT2D eigenvalue weighted by Crippen LogP contribution is 2.55. The Hall–Kier alpha value is -2.94. The molecule has 0 spiro atoms. The van der Waals surface area contributed by atoms with Gasteiger partial charge in [-0.05, 0) is 37.0 Å². The number of carbonyl (C=O) groups excluding carboxylic acids is 1. The molecule has 1 aliphatic carbocycles. The van der Waals surface area contributed by atoms with Crippen LogP contribution in [-0.2, 0) is 5.54 Å². The predicted molar refractivity (Wildman–Crippen MR) is 107 cm³/mol. The molecule has 0 radical (unpaired) electrons. The number of benzene rings is 1. The van der Waals surface area contributed by atoms with Crippen molar-refractivity contribution in [3.8, 4) is 5.69 Å². The van der Waals surface area contributed by atoms with Crippen LogP contribution in [-0.4, -0.2) is 37.0 Å². The maximum absolute atomic E-state index is 14.0. The molecule has 5 rings (SSSR count). The molecule has 3 heterocycles. The number of hydrogen-bond acceptors (Lipinski definition) is 5. The number of rotatable bonds is 3. The van der Waals surface area contributed by atoms with Gasteiger partial charge in [0.1, 0.15) is 5.54 Å². The van der Waals surface area contributed by atoms with Crippen LogP contribution in [0.15, 0.2) is 34.9 Å². The van der Waals surface area contributed by atoms with Crippen LogP contribution in [0.4, 0.5) is 14.9 Å². The Balaban J connectivity index is 1.44. The number of hydrogen-bond donors (Lipinski definition) is 1. The van der Waals surface area contributed by atoms with E-state index in [-0.39, 0.29) is 12.1 Å². The number of urea groups is 1. The fourth-order valence-electron chi connectivity index (χ4n) is 4.83. The topological polar surface area (TPSA) is 89.1 Å². The van der Waals surface area contributed by atoms with E-state index in [1.165, 1.54) is 12.3 Å². The summed E-state index contributed by atoms with van der Waals surface area (Å²) in [4.78, 5) is 15.1. The van der Waals surface area contributed by atoms with E-state index >= 15 is 0 Å². The Morgan fingerprint density at radius 1 is 1.33 bits per heavy atom. The van der Waals surface area contributed by atoms with Gasteiger partial charge in [-0.3, -0.25) is 0 Å². The van der Waals surface area contributed by atoms with Crippen LogP contribution in [0.2, 0.25) is 5.02 Å². The highest BCUT2D eigenvalue weighted by atomic mass is 35.5. The van der Waals surface area contributed by atoms with Gasteiger partial charge < -0.3 is 14.6 Å². The van der Waals surface area contributed by atoms with Crippen LogP contribution < -0.4 is 5.32 Å². The van der Waals surface area contributed by atoms with E-state index < -0.39 is 11.5 Å². The van der Waals surface area contributed by atoms with E-state index in [1.54, 1.807) is 25.1 Å². The second kappa shape index (κ2) is 6.80. The van der Waals surface area contributed by atoms with Gasteiger partial charge in [0.2, 0.25) is 17.7 Å². The Morgan fingerprint density at radius 3 is 2.87 bits per heavy atom. The SMILES string of the molecule is Cc1nnc(C23CC(C[C@H](C)C2)N3C(=O)Nc2ccc(Cl)c(-n3nccc3F)c2)o1. The monoisotopic (exact) mass is 430 g/mol. The number of piperidine rings is 1. The molecule has 30 heavy (non-hydrogen) atoms. The van der Waals surface area contributed by atoms with Crippen molar-refractivity contribution in [2.24, 2.45) is 5.92 Å². The number of carbonyl (C=O) groups is 1. The third-order valence-electron chi connectivity index (χ3n) is 5.93. The Kier molecular flexibility index (Phi) is 4.32. The van der Waals surface area contributed by atoms with Crippen molar-refractivity contribution in [2.45, 2.75) is 44.7 Å². The minimum Gasteiger partial charge on any atom is -0.423 e. The lowest BCUT2D eigenvalue weighted by Gasteiger charge is -2.61. The first-order chi connectivity index (χ1) is 14.4. The number of fused-ring (bicyclic) bond motifs is 2. The van der Waals surface area contributed by atoms with Crippen LogP contribution in [0.3, 0.4) is 0 Å². The minimum absolute atomic E-state index is 0.108. The molecular weight excluding hydrogens is 411 g/mol. The number of amides is 2. The van der Waals surface area contributed by atoms with Gasteiger partial charge in [0.15, 0.2) is 0 Å². The van der Waals surface area contributed by atoms with E-state index in [4.69, 9.17) is 16.0 Å². The number of nitrogens with zero attached hydrogens (tertiary/aromatic N) is 5. The lowest BCUT2D eigenvalue weighted by atomic mass is 9.64. The van der Waals surface area contributed by atoms with Gasteiger partial charge in [0, 0.05) is 31.1 Å². The predicted octanol–water partition coefficient (Wildman–Crippen LogP) is 4.29. The van der Waals surface area contributed by atoms with Crippen LogP contribution in [0.5, 0.6) is 0 Å². The molecule has 2 aliphatic rings. The fourth-order valence-corrected chi connectivity index (χ4v) is 5.03. The number of likely N-dealkylation sites (tertiary alicyclic amines) is 1. The summed E-state index contributed by atoms with van der Waals surface area (Å²) >= 11 is 6.22. The second-order valence-corrected chi connectivity index (χ2v) is 8.50. The Labute approximate surface area is 177 Å². The molecule has 2 bridgehead atoms. The average molecular weight is 431 g/mol. The zero-order valence-corrected chi connectivity index (χ0v) is 17.2. The summed E-state index contributed by atoms with van der Waals surface area (Å²) in [5.41, 5.74) is 0.248. The first-order valence-electron chi connectivity index (χ1n) is 9.78. The molecule has 2 unspecified atom stereocenters. The average Bonchev–Trinajstić information content (AvgIpc) is 3.31. The van der Waals surface area contributed by atoms with E-state index in [1.807, 2.05) is 4.90 Å². The molecule has 1 N–H and O–H groups in total. The van der Waals surface area contributed by atoms with E-state index in [9.17, 15) is 9.18 Å². The van der Waals surface area contributed by atoms with Crippen LogP contribution >= 0.6 is 11.6 Å². The third kappa shape index (κ3) is 2.87. The molecule has 2 aromatic heterocycles. The highest BCUT2D eigenvalue weighted by molar-refractivity contribution is 6.32. The van der Waals surface area contributed by atoms with Crippen molar-refractivity contribution in [1.82, 2.24) is 24.9 Å². The maximum atomic E-state index is 14.0. The lowest BCUT2D eigenvalue weighted by Crippen LogP contribution is -2.70. The number of aryl methyl sites for hydroxylation is 1. The van der Waals surface area contributed by atoms with E-state index in [2.05, 4.69) is 27.5 Å². The van der Waals surface area contributed by atoms with Crippen molar-refractivity contribution < 1.29 is 13.6 Å². The smallest absolute Gasteiger partial charge is 0.323 e. The maximum Gasteiger partial charge on any atom is 0.323 e. The van der Waals surface area contributed by atoms with E-state index in [0.29, 0.717) is 34.1 Å². The first kappa shape index (κ1) is 19.0. The van der Waals surface area contributed by atoms with Crippen molar-refractivity contribution >= 4 is 23.3 Å². The molecule has 8 nitrogen and oxygen atoms in total. The number of aromatic nitrogens is 4. The van der Waals surface area contributed by atoms with Crippen molar-refractivity contribution in [3.05, 3.63) is 53.2 Å². The molecule has 156 valence electrons. The Morgan fingerprint density at radius 2 is 2.17 bits per heavy atom. The van der Waals surface area contributed by atoms with Gasteiger partial charge in [-0.15, -0.1) is 10.2 Å². The molecule has 10 heteroatoms. The molecule has 1 aromatic carbocycles. The number of nitrogens with one attached hydrogen (secondary N) is 1. The van der Waals surface area contributed by atoms with Crippen LogP contribution in [0.25, 0.3) is 5.69 Å². The summed E-state index contributed by atoms with van der Waals surface area (Å²) in [5.74, 6) is 0.862. The molecule has 3 aromatic rings.